The quantitative estimate of drug-likeness (QED) is 0.0830. The number of rotatable bonds is 5. The minimum atomic E-state index is -1.67. The van der Waals surface area contributed by atoms with Gasteiger partial charge in [0, 0.05) is 85.2 Å². The Morgan fingerprint density at radius 2 is 1.11 bits per heavy atom. The van der Waals surface area contributed by atoms with E-state index in [1.807, 2.05) is 24.3 Å². The first kappa shape index (κ1) is 52.1. The van der Waals surface area contributed by atoms with Gasteiger partial charge in [0.1, 0.15) is 11.0 Å². The molecule has 334 valence electrons. The van der Waals surface area contributed by atoms with Gasteiger partial charge >= 0.3 is 5.97 Å². The van der Waals surface area contributed by atoms with Crippen molar-refractivity contribution >= 4 is 116 Å². The maximum absolute atomic E-state index is 11.1. The summed E-state index contributed by atoms with van der Waals surface area (Å²) in [5.74, 6) is 0.374. The number of aliphatic hydroxyl groups excluding tert-OH is 1. The molecule has 0 saturated heterocycles. The smallest absolute Gasteiger partial charge is 0.358 e. The van der Waals surface area contributed by atoms with Gasteiger partial charge < -0.3 is 25.1 Å². The number of nitrogens with two attached hydrogens (primary N) is 1. The molecule has 0 fully saturated rings. The maximum Gasteiger partial charge on any atom is 0.358 e. The number of halogens is 6. The zero-order chi connectivity index (χ0) is 46.1. The van der Waals surface area contributed by atoms with Crippen molar-refractivity contribution in [1.29, 1.82) is 0 Å². The molecule has 9 rings (SSSR count). The van der Waals surface area contributed by atoms with Crippen LogP contribution in [0.3, 0.4) is 0 Å². The zero-order valence-electron chi connectivity index (χ0n) is 32.9. The Bertz CT molecular complexity index is 2640. The third-order valence-electron chi connectivity index (χ3n) is 6.82. The van der Waals surface area contributed by atoms with Crippen LogP contribution in [0.1, 0.15) is 21.9 Å². The van der Waals surface area contributed by atoms with E-state index in [-0.39, 0.29) is 17.5 Å². The number of carbonyl (C=O) groups is 1. The number of aromatic nitrogens is 14. The highest BCUT2D eigenvalue weighted by atomic mass is 79.9. The molecule has 0 bridgehead atoms. The van der Waals surface area contributed by atoms with Crippen LogP contribution >= 0.6 is 72.1 Å². The molecule has 0 aliphatic heterocycles. The van der Waals surface area contributed by atoms with Crippen LogP contribution in [0.5, 0.6) is 0 Å². The molecule has 0 unspecified atom stereocenters. The molecule has 28 heteroatoms. The number of ether oxygens (including phenoxy) is 3. The van der Waals surface area contributed by atoms with Crippen LogP contribution in [0.4, 0.5) is 5.82 Å². The number of methoxy groups -OCH3 is 3. The third-order valence-corrected chi connectivity index (χ3v) is 8.24. The summed E-state index contributed by atoms with van der Waals surface area (Å²) in [5.41, 5.74) is 10.1. The third kappa shape index (κ3) is 19.0. The summed E-state index contributed by atoms with van der Waals surface area (Å²) >= 11 is 19.6. The number of imidazole rings is 4. The van der Waals surface area contributed by atoms with Gasteiger partial charge in [0.25, 0.3) is 0 Å². The lowest BCUT2D eigenvalue weighted by atomic mass is 10.4. The Balaban J connectivity index is 0.000000200. The van der Waals surface area contributed by atoms with E-state index in [9.17, 15) is 4.79 Å². The second-order valence-corrected chi connectivity index (χ2v) is 15.3. The average molecular weight is 1050 g/mol. The average Bonchev–Trinajstić information content (AvgIpc) is 4.15. The van der Waals surface area contributed by atoms with E-state index in [0.717, 1.165) is 22.6 Å². The van der Waals surface area contributed by atoms with Crippen LogP contribution in [-0.2, 0) is 35.9 Å². The zero-order valence-corrected chi connectivity index (χ0v) is 39.1. The van der Waals surface area contributed by atoms with Crippen molar-refractivity contribution in [3.63, 3.8) is 0 Å². The van der Waals surface area contributed by atoms with Gasteiger partial charge in [-0.1, -0.05) is 23.2 Å². The van der Waals surface area contributed by atoms with Crippen molar-refractivity contribution in [2.45, 2.75) is 17.7 Å². The summed E-state index contributed by atoms with van der Waals surface area (Å²) in [6.07, 6.45) is 13.6. The molecule has 9 aromatic rings. The normalized spacial score (nSPS) is 10.2. The first-order chi connectivity index (χ1) is 30.3. The Kier molecular flexibility index (Phi) is 23.6. The second kappa shape index (κ2) is 28.5. The Hall–Kier alpha value is -5.21. The van der Waals surface area contributed by atoms with E-state index in [0.29, 0.717) is 33.3 Å². The van der Waals surface area contributed by atoms with Crippen molar-refractivity contribution in [1.82, 2.24) is 68.6 Å². The number of anilines is 1. The molecule has 0 aromatic carbocycles. The lowest BCUT2D eigenvalue weighted by Crippen LogP contribution is -2.06. The van der Waals surface area contributed by atoms with E-state index in [2.05, 4.69) is 102 Å². The number of fused-ring (bicyclic) bond motifs is 4. The first-order valence-corrected chi connectivity index (χ1v) is 22.1. The fourth-order valence-electron chi connectivity index (χ4n) is 4.11. The van der Waals surface area contributed by atoms with Gasteiger partial charge in [0.15, 0.2) is 33.4 Å². The molecule has 3 N–H and O–H groups in total. The van der Waals surface area contributed by atoms with Gasteiger partial charge in [-0.25, -0.2) is 47.0 Å². The van der Waals surface area contributed by atoms with Crippen molar-refractivity contribution in [3.05, 3.63) is 138 Å². The molecule has 0 radical (unpaired) electrons. The largest absolute Gasteiger partial charge is 0.464 e. The van der Waals surface area contributed by atoms with Gasteiger partial charge in [0.05, 0.1) is 31.0 Å². The van der Waals surface area contributed by atoms with E-state index in [1.54, 1.807) is 114 Å². The lowest BCUT2D eigenvalue weighted by Gasteiger charge is -2.00. The molecule has 9 aromatic heterocycles. The van der Waals surface area contributed by atoms with Crippen LogP contribution in [0.2, 0.25) is 10.3 Å². The predicted octanol–water partition coefficient (Wildman–Crippen LogP) is 6.30. The van der Waals surface area contributed by atoms with Crippen molar-refractivity contribution in [2.75, 3.05) is 27.1 Å². The van der Waals surface area contributed by atoms with Crippen LogP contribution < -0.4 is 5.73 Å². The van der Waals surface area contributed by atoms with Gasteiger partial charge in [-0.15, -0.1) is 21.8 Å². The van der Waals surface area contributed by atoms with Crippen LogP contribution in [0.15, 0.2) is 110 Å². The SMILES string of the molecule is COC(=O)c1ccc2nccn2n1.COC(Br)OC.ClCc1ccc2nccn2n1.Clc1ccc2nccn2n1.Nc1ccc(Cl)nn1.O=S(Cl)Cl.OCc1ccc2nccn2n1. The van der Waals surface area contributed by atoms with Crippen LogP contribution in [-0.4, -0.2) is 110 Å². The Morgan fingerprint density at radius 1 is 0.683 bits per heavy atom. The van der Waals surface area contributed by atoms with E-state index in [4.69, 9.17) is 49.9 Å². The van der Waals surface area contributed by atoms with E-state index in [1.165, 1.54) is 11.6 Å². The predicted molar refractivity (Wildman–Crippen MR) is 242 cm³/mol. The molecule has 0 aliphatic carbocycles. The first-order valence-electron chi connectivity index (χ1n) is 17.1. The number of alkyl halides is 2. The minimum absolute atomic E-state index is 0.0336. The molecule has 0 spiro atoms. The lowest BCUT2D eigenvalue weighted by molar-refractivity contribution is -0.0287. The van der Waals surface area contributed by atoms with E-state index < -0.39 is 15.2 Å². The van der Waals surface area contributed by atoms with Crippen molar-refractivity contribution in [3.8, 4) is 0 Å². The van der Waals surface area contributed by atoms with E-state index >= 15 is 0 Å². The molecule has 9 heterocycles. The number of hydrogen-bond donors (Lipinski definition) is 2. The van der Waals surface area contributed by atoms with Crippen molar-refractivity contribution < 1.29 is 28.3 Å². The van der Waals surface area contributed by atoms with Crippen LogP contribution in [0, 0.1) is 0 Å². The number of esters is 1. The molecule has 0 aliphatic rings. The molecule has 0 saturated carbocycles. The number of carbonyl (C=O) groups excluding carboxylic acids is 1. The van der Waals surface area contributed by atoms with Crippen LogP contribution in [0.25, 0.3) is 22.6 Å². The van der Waals surface area contributed by atoms with Gasteiger partial charge in [0.2, 0.25) is 14.4 Å². The number of aliphatic hydroxyl groups is 1. The summed E-state index contributed by atoms with van der Waals surface area (Å²) in [7, 11) is 11.8. The highest BCUT2D eigenvalue weighted by Gasteiger charge is 2.07. The Morgan fingerprint density at radius 3 is 1.52 bits per heavy atom. The monoisotopic (exact) mass is 1050 g/mol. The summed E-state index contributed by atoms with van der Waals surface area (Å²) in [5, 5.41) is 32.4. The highest BCUT2D eigenvalue weighted by molar-refractivity contribution is 9.09. The second-order valence-electron chi connectivity index (χ2n) is 10.9. The van der Waals surface area contributed by atoms with Crippen molar-refractivity contribution in [2.24, 2.45) is 0 Å². The van der Waals surface area contributed by atoms with Gasteiger partial charge in [-0.05, 0) is 76.6 Å². The Labute approximate surface area is 392 Å². The summed E-state index contributed by atoms with van der Waals surface area (Å²) in [4.78, 5) is 27.1. The highest BCUT2D eigenvalue weighted by Crippen LogP contribution is 2.06. The van der Waals surface area contributed by atoms with Gasteiger partial charge in [-0.3, -0.25) is 0 Å². The molecular formula is C35H35BrCl5N15O6S. The summed E-state index contributed by atoms with van der Waals surface area (Å²) in [6.45, 7) is -0.0336. The summed E-state index contributed by atoms with van der Waals surface area (Å²) in [6, 6.07) is 17.3. The molecule has 0 atom stereocenters. The fraction of sp³-hybridized carbons (Fsp3) is 0.171. The maximum atomic E-state index is 11.1. The number of nitrogen functional groups attached to an aromatic ring is 1. The molecule has 63 heavy (non-hydrogen) atoms. The standard InChI is InChI=1S/C8H7N3O2.C7H6ClN3.C7H7N3O.C6H4ClN3.C4H4ClN3.C3H7BrO2.Cl2OS/c1-13-8(12)6-2-3-7-9-4-5-11(7)10-6;8-5-6-1-2-7-9-3-4-11(7)10-6;11-5-6-1-2-7-8-3-4-10(7)9-6;7-5-1-2-6-8-3-4-10(6)9-5;5-3-1-2-4(6)8-7-3;1-5-3(4)6-2;1-4(2)3/h2-5H,1H3;1-4H,5H2;1-4,11H,5H2;1-4H;1-2H,(H2,6,8);3H,1-2H3;. The number of hydrogen-bond acceptors (Lipinski definition) is 17. The fourth-order valence-corrected chi connectivity index (χ4v) is 4.50. The summed E-state index contributed by atoms with van der Waals surface area (Å²) < 4.78 is 29.3. The molecule has 21 nitrogen and oxygen atoms in total. The molecular weight excluding hydrogens is 1020 g/mol. The van der Waals surface area contributed by atoms with Gasteiger partial charge in [-0.2, -0.15) is 20.4 Å². The molecule has 0 amide bonds. The number of nitrogens with zero attached hydrogens (tertiary/aromatic N) is 14. The topological polar surface area (TPSA) is 255 Å². The minimum Gasteiger partial charge on any atom is -0.464 e.